The van der Waals surface area contributed by atoms with Crippen molar-refractivity contribution in [3.8, 4) is 0 Å². The van der Waals surface area contributed by atoms with Gasteiger partial charge in [0.15, 0.2) is 0 Å². The van der Waals surface area contributed by atoms with E-state index in [0.29, 0.717) is 0 Å². The molecule has 100 valence electrons. The fraction of sp³-hybridized carbons (Fsp3) is 0.357. The van der Waals surface area contributed by atoms with Crippen LogP contribution in [0.5, 0.6) is 0 Å². The molecule has 0 bridgehead atoms. The van der Waals surface area contributed by atoms with Crippen molar-refractivity contribution in [2.45, 2.75) is 25.1 Å². The van der Waals surface area contributed by atoms with Gasteiger partial charge in [-0.1, -0.05) is 0 Å². The summed E-state index contributed by atoms with van der Waals surface area (Å²) in [6, 6.07) is 4.39. The molecule has 1 aliphatic rings. The van der Waals surface area contributed by atoms with Crippen LogP contribution in [0.2, 0.25) is 0 Å². The van der Waals surface area contributed by atoms with E-state index in [1.165, 1.54) is 33.1 Å². The van der Waals surface area contributed by atoms with Crippen LogP contribution >= 0.6 is 23.1 Å². The fourth-order valence-corrected chi connectivity index (χ4v) is 4.87. The van der Waals surface area contributed by atoms with Crippen LogP contribution in [-0.4, -0.2) is 10.7 Å². The van der Waals surface area contributed by atoms with E-state index in [4.69, 9.17) is 5.84 Å². The Balaban J connectivity index is 1.98. The Morgan fingerprint density at radius 1 is 1.47 bits per heavy atom. The van der Waals surface area contributed by atoms with Crippen molar-refractivity contribution in [1.29, 1.82) is 0 Å². The number of hydrogen-bond donors (Lipinski definition) is 2. The molecule has 0 amide bonds. The number of hydrogen-bond acceptors (Lipinski definition) is 5. The van der Waals surface area contributed by atoms with Crippen LogP contribution in [0, 0.1) is 6.92 Å². The number of thiophene rings is 1. The molecule has 0 saturated heterocycles. The molecule has 2 aromatic rings. The van der Waals surface area contributed by atoms with Gasteiger partial charge >= 0.3 is 0 Å². The van der Waals surface area contributed by atoms with Gasteiger partial charge in [-0.15, -0.1) is 11.3 Å². The number of nitrogens with zero attached hydrogens (tertiary/aromatic N) is 1. The van der Waals surface area contributed by atoms with E-state index < -0.39 is 0 Å². The highest BCUT2D eigenvalue weighted by atomic mass is 32.2. The molecule has 3 N–H and O–H groups in total. The molecular formula is C14H17N3S2. The van der Waals surface area contributed by atoms with E-state index >= 15 is 0 Å². The minimum absolute atomic E-state index is 0.0503. The van der Waals surface area contributed by atoms with Crippen LogP contribution in [0.15, 0.2) is 24.5 Å². The number of fused-ring (bicyclic) bond motifs is 1. The molecular weight excluding hydrogens is 274 g/mol. The first-order valence-electron chi connectivity index (χ1n) is 6.35. The fourth-order valence-electron chi connectivity index (χ4n) is 2.42. The molecule has 0 radical (unpaired) electrons. The Hall–Kier alpha value is -0.880. The number of nitrogens with two attached hydrogens (primary N) is 1. The summed E-state index contributed by atoms with van der Waals surface area (Å²) in [6.45, 7) is 2.10. The molecule has 0 aliphatic carbocycles. The second-order valence-electron chi connectivity index (χ2n) is 4.73. The summed E-state index contributed by atoms with van der Waals surface area (Å²) >= 11 is 3.90. The summed E-state index contributed by atoms with van der Waals surface area (Å²) in [4.78, 5) is 7.05. The molecule has 5 heteroatoms. The van der Waals surface area contributed by atoms with E-state index in [1.54, 1.807) is 0 Å². The summed E-state index contributed by atoms with van der Waals surface area (Å²) in [5.74, 6) is 8.16. The van der Waals surface area contributed by atoms with Crippen molar-refractivity contribution in [3.63, 3.8) is 0 Å². The predicted molar refractivity (Wildman–Crippen MR) is 82.3 cm³/mol. The topological polar surface area (TPSA) is 50.9 Å². The third kappa shape index (κ3) is 2.56. The van der Waals surface area contributed by atoms with Crippen LogP contribution in [-0.2, 0) is 12.2 Å². The van der Waals surface area contributed by atoms with Crippen molar-refractivity contribution in [1.82, 2.24) is 10.4 Å². The summed E-state index contributed by atoms with van der Waals surface area (Å²) in [5, 5.41) is 0. The molecule has 0 spiro atoms. The average Bonchev–Trinajstić information content (AvgIpc) is 2.85. The second-order valence-corrected chi connectivity index (χ2v) is 7.01. The van der Waals surface area contributed by atoms with Gasteiger partial charge in [0, 0.05) is 27.9 Å². The number of nitrogens with one attached hydrogen (secondary N) is 1. The van der Waals surface area contributed by atoms with Gasteiger partial charge in [-0.3, -0.25) is 10.8 Å². The van der Waals surface area contributed by atoms with Gasteiger partial charge in [0.2, 0.25) is 0 Å². The minimum Gasteiger partial charge on any atom is -0.271 e. The first-order chi connectivity index (χ1) is 9.29. The summed E-state index contributed by atoms with van der Waals surface area (Å²) < 4.78 is 0. The average molecular weight is 291 g/mol. The highest BCUT2D eigenvalue weighted by molar-refractivity contribution is 7.98. The summed E-state index contributed by atoms with van der Waals surface area (Å²) in [6.07, 6.45) is 4.92. The largest absolute Gasteiger partial charge is 0.271 e. The van der Waals surface area contributed by atoms with Gasteiger partial charge in [0.25, 0.3) is 0 Å². The van der Waals surface area contributed by atoms with Gasteiger partial charge in [-0.05, 0) is 47.9 Å². The molecule has 3 heterocycles. The summed E-state index contributed by atoms with van der Waals surface area (Å²) in [5.41, 5.74) is 6.82. The lowest BCUT2D eigenvalue weighted by molar-refractivity contribution is 0.640. The zero-order valence-electron chi connectivity index (χ0n) is 10.8. The third-order valence-corrected chi connectivity index (χ3v) is 5.80. The Morgan fingerprint density at radius 3 is 3.11 bits per heavy atom. The normalized spacial score (nSPS) is 16.1. The maximum Gasteiger partial charge on any atom is 0.0820 e. The van der Waals surface area contributed by atoms with Gasteiger partial charge in [0.05, 0.1) is 6.04 Å². The maximum absolute atomic E-state index is 5.79. The van der Waals surface area contributed by atoms with Crippen LogP contribution in [0.1, 0.15) is 32.5 Å². The first kappa shape index (κ1) is 13.1. The molecule has 0 aromatic carbocycles. The van der Waals surface area contributed by atoms with E-state index in [-0.39, 0.29) is 6.04 Å². The quantitative estimate of drug-likeness (QED) is 0.674. The molecule has 2 aromatic heterocycles. The van der Waals surface area contributed by atoms with Crippen molar-refractivity contribution in [3.05, 3.63) is 51.0 Å². The molecule has 3 rings (SSSR count). The molecule has 0 fully saturated rings. The molecule has 0 saturated carbocycles. The van der Waals surface area contributed by atoms with Gasteiger partial charge in [0.1, 0.15) is 0 Å². The van der Waals surface area contributed by atoms with Crippen molar-refractivity contribution < 1.29 is 0 Å². The lowest BCUT2D eigenvalue weighted by atomic mass is 10.0. The van der Waals surface area contributed by atoms with Crippen molar-refractivity contribution in [2.24, 2.45) is 5.84 Å². The molecule has 1 unspecified atom stereocenters. The molecule has 19 heavy (non-hydrogen) atoms. The number of hydrazine groups is 1. The Kier molecular flexibility index (Phi) is 3.88. The Labute approximate surface area is 121 Å². The van der Waals surface area contributed by atoms with E-state index in [9.17, 15) is 0 Å². The van der Waals surface area contributed by atoms with Gasteiger partial charge in [-0.25, -0.2) is 5.43 Å². The monoisotopic (exact) mass is 291 g/mol. The molecule has 3 nitrogen and oxygen atoms in total. The SMILES string of the molecule is Cc1ccncc1C(NN)c1cc2c(s1)CCSC2. The smallest absolute Gasteiger partial charge is 0.0820 e. The van der Waals surface area contributed by atoms with Crippen LogP contribution in [0.25, 0.3) is 0 Å². The molecule has 1 atom stereocenters. The minimum atomic E-state index is 0.0503. The third-order valence-electron chi connectivity index (χ3n) is 3.49. The van der Waals surface area contributed by atoms with E-state index in [0.717, 1.165) is 11.3 Å². The number of aryl methyl sites for hydroxylation is 2. The first-order valence-corrected chi connectivity index (χ1v) is 8.32. The van der Waals surface area contributed by atoms with Crippen LogP contribution < -0.4 is 11.3 Å². The second kappa shape index (κ2) is 5.63. The van der Waals surface area contributed by atoms with Crippen molar-refractivity contribution >= 4 is 23.1 Å². The zero-order chi connectivity index (χ0) is 13.2. The van der Waals surface area contributed by atoms with Crippen LogP contribution in [0.3, 0.4) is 0 Å². The van der Waals surface area contributed by atoms with Gasteiger partial charge < -0.3 is 0 Å². The van der Waals surface area contributed by atoms with E-state index in [1.807, 2.05) is 41.6 Å². The number of thioether (sulfide) groups is 1. The number of rotatable bonds is 3. The number of aromatic nitrogens is 1. The van der Waals surface area contributed by atoms with E-state index in [2.05, 4.69) is 23.4 Å². The van der Waals surface area contributed by atoms with Gasteiger partial charge in [-0.2, -0.15) is 11.8 Å². The summed E-state index contributed by atoms with van der Waals surface area (Å²) in [7, 11) is 0. The maximum atomic E-state index is 5.79. The predicted octanol–water partition coefficient (Wildman–Crippen LogP) is 2.79. The standard InChI is InChI=1S/C14H17N3S2/c1-9-2-4-16-7-11(9)14(17-15)13-6-10-8-18-5-3-12(10)19-13/h2,4,6-7,14,17H,3,5,8,15H2,1H3. The molecule has 1 aliphatic heterocycles. The Morgan fingerprint density at radius 2 is 2.37 bits per heavy atom. The Bertz CT molecular complexity index is 556. The highest BCUT2D eigenvalue weighted by Crippen LogP contribution is 2.36. The van der Waals surface area contributed by atoms with Crippen molar-refractivity contribution in [2.75, 3.05) is 5.75 Å². The number of pyridine rings is 1. The zero-order valence-corrected chi connectivity index (χ0v) is 12.5. The lowest BCUT2D eigenvalue weighted by Gasteiger charge is -2.16. The highest BCUT2D eigenvalue weighted by Gasteiger charge is 2.21. The van der Waals surface area contributed by atoms with Crippen LogP contribution in [0.4, 0.5) is 0 Å². The lowest BCUT2D eigenvalue weighted by Crippen LogP contribution is -2.28.